The molecule has 2 aromatic heterocycles. The Morgan fingerprint density at radius 1 is 1.21 bits per heavy atom. The minimum atomic E-state index is 0.435. The van der Waals surface area contributed by atoms with Gasteiger partial charge in [0.1, 0.15) is 23.8 Å². The van der Waals surface area contributed by atoms with Crippen LogP contribution in [0.15, 0.2) is 12.4 Å². The van der Waals surface area contributed by atoms with Crippen molar-refractivity contribution in [2.75, 3.05) is 25.5 Å². The van der Waals surface area contributed by atoms with E-state index < -0.39 is 0 Å². The van der Waals surface area contributed by atoms with Gasteiger partial charge in [-0.05, 0) is 19.3 Å². The van der Waals surface area contributed by atoms with Crippen molar-refractivity contribution in [3.05, 3.63) is 24.0 Å². The normalized spacial score (nSPS) is 18.5. The van der Waals surface area contributed by atoms with Gasteiger partial charge in [-0.15, -0.1) is 10.2 Å². The fraction of sp³-hybridized carbons (Fsp3) is 0.625. The van der Waals surface area contributed by atoms with Gasteiger partial charge in [0, 0.05) is 38.2 Å². The number of ether oxygens (including phenoxy) is 1. The summed E-state index contributed by atoms with van der Waals surface area (Å²) in [6, 6.07) is 2.27. The second-order valence-corrected chi connectivity index (χ2v) is 6.43. The summed E-state index contributed by atoms with van der Waals surface area (Å²) >= 11 is 0. The van der Waals surface area contributed by atoms with E-state index in [1.807, 2.05) is 6.07 Å². The van der Waals surface area contributed by atoms with Gasteiger partial charge in [0.15, 0.2) is 0 Å². The highest BCUT2D eigenvalue weighted by Crippen LogP contribution is 2.20. The first kappa shape index (κ1) is 15.3. The van der Waals surface area contributed by atoms with Gasteiger partial charge in [0.2, 0.25) is 5.88 Å². The molecule has 0 saturated carbocycles. The van der Waals surface area contributed by atoms with Gasteiger partial charge in [0.05, 0.1) is 13.7 Å². The summed E-state index contributed by atoms with van der Waals surface area (Å²) in [6.07, 6.45) is 5.98. The zero-order valence-electron chi connectivity index (χ0n) is 14.0. The van der Waals surface area contributed by atoms with Crippen molar-refractivity contribution in [1.29, 1.82) is 0 Å². The number of fused-ring (bicyclic) bond motifs is 1. The highest BCUT2D eigenvalue weighted by molar-refractivity contribution is 5.38. The lowest BCUT2D eigenvalue weighted by Crippen LogP contribution is -2.39. The number of rotatable bonds is 5. The van der Waals surface area contributed by atoms with Crippen LogP contribution in [0.5, 0.6) is 5.88 Å². The molecule has 2 aliphatic heterocycles. The molecule has 0 unspecified atom stereocenters. The molecule has 0 spiro atoms. The second-order valence-electron chi connectivity index (χ2n) is 6.43. The highest BCUT2D eigenvalue weighted by Gasteiger charge is 2.23. The SMILES string of the molecule is COc1cc(NC2CCN(Cc3nnc4n3CCC4)CC2)ncn1. The van der Waals surface area contributed by atoms with E-state index in [-0.39, 0.29) is 0 Å². The molecule has 1 saturated heterocycles. The van der Waals surface area contributed by atoms with Crippen molar-refractivity contribution in [1.82, 2.24) is 29.6 Å². The average molecular weight is 329 g/mol. The number of hydrogen-bond acceptors (Lipinski definition) is 7. The van der Waals surface area contributed by atoms with Gasteiger partial charge >= 0.3 is 0 Å². The Hall–Kier alpha value is -2.22. The van der Waals surface area contributed by atoms with Crippen LogP contribution in [0.4, 0.5) is 5.82 Å². The van der Waals surface area contributed by atoms with Gasteiger partial charge in [-0.3, -0.25) is 4.90 Å². The molecule has 1 N–H and O–H groups in total. The van der Waals surface area contributed by atoms with Gasteiger partial charge in [-0.25, -0.2) is 9.97 Å². The Balaban J connectivity index is 1.30. The summed E-state index contributed by atoms with van der Waals surface area (Å²) in [6.45, 7) is 4.09. The summed E-state index contributed by atoms with van der Waals surface area (Å²) < 4.78 is 7.43. The van der Waals surface area contributed by atoms with Crippen molar-refractivity contribution >= 4 is 5.82 Å². The van der Waals surface area contributed by atoms with E-state index in [0.29, 0.717) is 11.9 Å². The van der Waals surface area contributed by atoms with E-state index >= 15 is 0 Å². The first-order valence-electron chi connectivity index (χ1n) is 8.57. The van der Waals surface area contributed by atoms with Crippen molar-refractivity contribution < 1.29 is 4.74 Å². The fourth-order valence-corrected chi connectivity index (χ4v) is 3.50. The van der Waals surface area contributed by atoms with Crippen LogP contribution in [0.3, 0.4) is 0 Å². The monoisotopic (exact) mass is 329 g/mol. The maximum atomic E-state index is 5.14. The molecule has 24 heavy (non-hydrogen) atoms. The van der Waals surface area contributed by atoms with Crippen LogP contribution in [-0.4, -0.2) is 55.9 Å². The molecule has 0 bridgehead atoms. The van der Waals surface area contributed by atoms with Gasteiger partial charge < -0.3 is 14.6 Å². The lowest BCUT2D eigenvalue weighted by molar-refractivity contribution is 0.204. The molecule has 0 radical (unpaired) electrons. The Morgan fingerprint density at radius 2 is 2.08 bits per heavy atom. The van der Waals surface area contributed by atoms with Crippen molar-refractivity contribution in [2.24, 2.45) is 0 Å². The number of nitrogens with zero attached hydrogens (tertiary/aromatic N) is 6. The largest absolute Gasteiger partial charge is 0.481 e. The van der Waals surface area contributed by atoms with Crippen LogP contribution < -0.4 is 10.1 Å². The Kier molecular flexibility index (Phi) is 4.29. The van der Waals surface area contributed by atoms with Crippen LogP contribution >= 0.6 is 0 Å². The third-order valence-electron chi connectivity index (χ3n) is 4.84. The summed E-state index contributed by atoms with van der Waals surface area (Å²) in [7, 11) is 1.62. The summed E-state index contributed by atoms with van der Waals surface area (Å²) in [5.41, 5.74) is 0. The minimum absolute atomic E-state index is 0.435. The molecule has 0 aliphatic carbocycles. The average Bonchev–Trinajstić information content (AvgIpc) is 3.22. The first-order valence-corrected chi connectivity index (χ1v) is 8.57. The standard InChI is InChI=1S/C16H23N7O/c1-24-16-9-13(17-11-18-16)19-12-4-7-22(8-5-12)10-15-21-20-14-3-2-6-23(14)15/h9,11-12H,2-8,10H2,1H3,(H,17,18,19). The maximum Gasteiger partial charge on any atom is 0.218 e. The van der Waals surface area contributed by atoms with Gasteiger partial charge in [-0.1, -0.05) is 0 Å². The molecule has 0 atom stereocenters. The predicted molar refractivity (Wildman–Crippen MR) is 88.8 cm³/mol. The molecule has 8 heteroatoms. The molecule has 8 nitrogen and oxygen atoms in total. The van der Waals surface area contributed by atoms with E-state index in [1.165, 1.54) is 12.7 Å². The number of aromatic nitrogens is 5. The summed E-state index contributed by atoms with van der Waals surface area (Å²) in [4.78, 5) is 10.8. The molecular weight excluding hydrogens is 306 g/mol. The highest BCUT2D eigenvalue weighted by atomic mass is 16.5. The Morgan fingerprint density at radius 3 is 2.92 bits per heavy atom. The molecule has 0 amide bonds. The molecule has 2 aliphatic rings. The van der Waals surface area contributed by atoms with Crippen LogP contribution in [0.2, 0.25) is 0 Å². The number of hydrogen-bond donors (Lipinski definition) is 1. The lowest BCUT2D eigenvalue weighted by atomic mass is 10.1. The first-order chi connectivity index (χ1) is 11.8. The van der Waals surface area contributed by atoms with Crippen LogP contribution in [-0.2, 0) is 19.5 Å². The zero-order valence-corrected chi connectivity index (χ0v) is 14.0. The zero-order chi connectivity index (χ0) is 16.4. The molecule has 4 rings (SSSR count). The molecular formula is C16H23N7O. The van der Waals surface area contributed by atoms with Crippen molar-refractivity contribution in [3.8, 4) is 5.88 Å². The van der Waals surface area contributed by atoms with Crippen molar-refractivity contribution in [2.45, 2.75) is 44.8 Å². The third kappa shape index (κ3) is 3.19. The minimum Gasteiger partial charge on any atom is -0.481 e. The quantitative estimate of drug-likeness (QED) is 0.879. The molecule has 0 aromatic carbocycles. The maximum absolute atomic E-state index is 5.14. The number of aryl methyl sites for hydroxylation is 1. The van der Waals surface area contributed by atoms with E-state index in [9.17, 15) is 0 Å². The number of nitrogens with one attached hydrogen (secondary N) is 1. The summed E-state index contributed by atoms with van der Waals surface area (Å²) in [5, 5.41) is 12.1. The number of piperidine rings is 1. The second kappa shape index (κ2) is 6.72. The Bertz CT molecular complexity index is 693. The van der Waals surface area contributed by atoms with Gasteiger partial charge in [-0.2, -0.15) is 0 Å². The van der Waals surface area contributed by atoms with E-state index in [0.717, 1.165) is 62.9 Å². The molecule has 1 fully saturated rings. The van der Waals surface area contributed by atoms with Crippen molar-refractivity contribution in [3.63, 3.8) is 0 Å². The van der Waals surface area contributed by atoms with Gasteiger partial charge in [0.25, 0.3) is 0 Å². The van der Waals surface area contributed by atoms with Crippen LogP contribution in [0.25, 0.3) is 0 Å². The fourth-order valence-electron chi connectivity index (χ4n) is 3.50. The third-order valence-corrected chi connectivity index (χ3v) is 4.84. The Labute approximate surface area is 141 Å². The van der Waals surface area contributed by atoms with Crippen LogP contribution in [0, 0.1) is 0 Å². The van der Waals surface area contributed by atoms with E-state index in [2.05, 4.69) is 34.9 Å². The van der Waals surface area contributed by atoms with E-state index in [1.54, 1.807) is 7.11 Å². The van der Waals surface area contributed by atoms with Crippen LogP contribution in [0.1, 0.15) is 30.9 Å². The predicted octanol–water partition coefficient (Wildman–Crippen LogP) is 1.10. The molecule has 128 valence electrons. The number of methoxy groups -OCH3 is 1. The lowest BCUT2D eigenvalue weighted by Gasteiger charge is -2.32. The number of anilines is 1. The smallest absolute Gasteiger partial charge is 0.218 e. The molecule has 2 aromatic rings. The topological polar surface area (TPSA) is 81.0 Å². The molecule has 4 heterocycles. The number of likely N-dealkylation sites (tertiary alicyclic amines) is 1. The summed E-state index contributed by atoms with van der Waals surface area (Å²) in [5.74, 6) is 3.69. The van der Waals surface area contributed by atoms with E-state index in [4.69, 9.17) is 4.74 Å².